The van der Waals surface area contributed by atoms with Crippen molar-refractivity contribution in [2.75, 3.05) is 26.2 Å². The Balaban J connectivity index is 0.00000220. The number of ketones is 1. The summed E-state index contributed by atoms with van der Waals surface area (Å²) in [7, 11) is 0. The molecule has 21 heavy (non-hydrogen) atoms. The zero-order chi connectivity index (χ0) is 14.2. The molecular weight excluding hydrogens is 286 g/mol. The van der Waals surface area contributed by atoms with Crippen molar-refractivity contribution in [3.63, 3.8) is 0 Å². The van der Waals surface area contributed by atoms with Gasteiger partial charge in [0.1, 0.15) is 5.75 Å². The van der Waals surface area contributed by atoms with Gasteiger partial charge < -0.3 is 22.0 Å². The quantitative estimate of drug-likeness (QED) is 0.689. The first-order valence-corrected chi connectivity index (χ1v) is 7.78. The highest BCUT2D eigenvalue weighted by Gasteiger charge is 2.12. The molecule has 0 aliphatic carbocycles. The Bertz CT molecular complexity index is 413. The van der Waals surface area contributed by atoms with E-state index < -0.39 is 0 Å². The van der Waals surface area contributed by atoms with E-state index in [4.69, 9.17) is 4.74 Å². The molecule has 1 heterocycles. The minimum absolute atomic E-state index is 0. The van der Waals surface area contributed by atoms with E-state index in [1.54, 1.807) is 0 Å². The van der Waals surface area contributed by atoms with Gasteiger partial charge in [-0.1, -0.05) is 13.3 Å². The van der Waals surface area contributed by atoms with Crippen LogP contribution in [0.15, 0.2) is 24.3 Å². The minimum Gasteiger partial charge on any atom is -1.00 e. The lowest BCUT2D eigenvalue weighted by atomic mass is 10.1. The fourth-order valence-electron chi connectivity index (χ4n) is 2.54. The summed E-state index contributed by atoms with van der Waals surface area (Å²) in [5.74, 6) is 1.08. The molecule has 0 spiro atoms. The Kier molecular flexibility index (Phi) is 8.40. The van der Waals surface area contributed by atoms with E-state index in [9.17, 15) is 4.79 Å². The molecule has 0 saturated carbocycles. The average molecular weight is 311 g/mol. The fraction of sp³-hybridized carbons (Fsp3) is 0.588. The summed E-state index contributed by atoms with van der Waals surface area (Å²) in [6.07, 6.45) is 5.50. The monoisotopic (exact) mass is 310 g/mol. The summed E-state index contributed by atoms with van der Waals surface area (Å²) in [6.45, 7) is 6.00. The Hall–Kier alpha value is -1.06. The first-order valence-electron chi connectivity index (χ1n) is 7.78. The predicted octanol–water partition coefficient (Wildman–Crippen LogP) is 0.538. The molecule has 1 aliphatic rings. The second-order valence-corrected chi connectivity index (χ2v) is 5.45. The Morgan fingerprint density at radius 2 is 1.81 bits per heavy atom. The van der Waals surface area contributed by atoms with E-state index >= 15 is 0 Å². The SMILES string of the molecule is CCCOc1ccc(C(=O)CCN2CCCCC2)cc1.[Cl-]. The van der Waals surface area contributed by atoms with Crippen molar-refractivity contribution in [3.05, 3.63) is 29.8 Å². The second-order valence-electron chi connectivity index (χ2n) is 5.45. The number of Topliss-reactive ketones (excluding diaryl/α,β-unsaturated/α-hetero) is 1. The van der Waals surface area contributed by atoms with Gasteiger partial charge in [-0.2, -0.15) is 0 Å². The summed E-state index contributed by atoms with van der Waals surface area (Å²) in [5.41, 5.74) is 0.797. The molecule has 1 saturated heterocycles. The van der Waals surface area contributed by atoms with Crippen molar-refractivity contribution in [2.24, 2.45) is 0 Å². The van der Waals surface area contributed by atoms with Crippen LogP contribution in [0.3, 0.4) is 0 Å². The normalized spacial score (nSPS) is 15.3. The number of rotatable bonds is 7. The molecule has 0 radical (unpaired) electrons. The second kappa shape index (κ2) is 9.80. The molecular formula is C17H25ClNO2-. The molecule has 0 bridgehead atoms. The lowest BCUT2D eigenvalue weighted by Crippen LogP contribution is -3.00. The van der Waals surface area contributed by atoms with Gasteiger partial charge >= 0.3 is 0 Å². The van der Waals surface area contributed by atoms with Gasteiger partial charge in [0, 0.05) is 18.5 Å². The Morgan fingerprint density at radius 3 is 2.43 bits per heavy atom. The number of hydrogen-bond donors (Lipinski definition) is 0. The fourth-order valence-corrected chi connectivity index (χ4v) is 2.54. The van der Waals surface area contributed by atoms with Gasteiger partial charge in [-0.3, -0.25) is 4.79 Å². The van der Waals surface area contributed by atoms with Crippen LogP contribution in [0.2, 0.25) is 0 Å². The first kappa shape index (κ1) is 18.0. The van der Waals surface area contributed by atoms with Crippen molar-refractivity contribution in [2.45, 2.75) is 39.0 Å². The van der Waals surface area contributed by atoms with E-state index in [2.05, 4.69) is 11.8 Å². The van der Waals surface area contributed by atoms with E-state index in [0.29, 0.717) is 6.42 Å². The number of likely N-dealkylation sites (tertiary alicyclic amines) is 1. The smallest absolute Gasteiger partial charge is 0.164 e. The van der Waals surface area contributed by atoms with Crippen LogP contribution in [-0.2, 0) is 0 Å². The molecule has 1 aliphatic heterocycles. The Morgan fingerprint density at radius 1 is 1.14 bits per heavy atom. The highest BCUT2D eigenvalue weighted by atomic mass is 35.5. The summed E-state index contributed by atoms with van der Waals surface area (Å²) in [5, 5.41) is 0. The van der Waals surface area contributed by atoms with E-state index in [1.807, 2.05) is 24.3 Å². The molecule has 118 valence electrons. The van der Waals surface area contributed by atoms with Crippen molar-refractivity contribution in [1.29, 1.82) is 0 Å². The maximum absolute atomic E-state index is 12.1. The first-order chi connectivity index (χ1) is 9.79. The van der Waals surface area contributed by atoms with Gasteiger partial charge in [0.25, 0.3) is 0 Å². The summed E-state index contributed by atoms with van der Waals surface area (Å²) >= 11 is 0. The molecule has 2 rings (SSSR count). The lowest BCUT2D eigenvalue weighted by Gasteiger charge is -2.25. The Labute approximate surface area is 134 Å². The number of carbonyl (C=O) groups is 1. The van der Waals surface area contributed by atoms with Crippen LogP contribution >= 0.6 is 0 Å². The maximum atomic E-state index is 12.1. The van der Waals surface area contributed by atoms with Crippen LogP contribution in [0, 0.1) is 0 Å². The highest BCUT2D eigenvalue weighted by Crippen LogP contribution is 2.15. The number of hydrogen-bond acceptors (Lipinski definition) is 3. The molecule has 0 amide bonds. The van der Waals surface area contributed by atoms with E-state index in [-0.39, 0.29) is 18.2 Å². The largest absolute Gasteiger partial charge is 1.00 e. The highest BCUT2D eigenvalue weighted by molar-refractivity contribution is 5.96. The summed E-state index contributed by atoms with van der Waals surface area (Å²) in [4.78, 5) is 14.5. The zero-order valence-corrected chi connectivity index (χ0v) is 13.6. The van der Waals surface area contributed by atoms with Crippen LogP contribution in [0.1, 0.15) is 49.4 Å². The number of carbonyl (C=O) groups excluding carboxylic acids is 1. The summed E-state index contributed by atoms with van der Waals surface area (Å²) < 4.78 is 5.53. The number of piperidine rings is 1. The van der Waals surface area contributed by atoms with Gasteiger partial charge in [0.05, 0.1) is 6.61 Å². The van der Waals surface area contributed by atoms with E-state index in [0.717, 1.165) is 44.0 Å². The van der Waals surface area contributed by atoms with Gasteiger partial charge in [0.2, 0.25) is 0 Å². The molecule has 0 unspecified atom stereocenters. The van der Waals surface area contributed by atoms with E-state index in [1.165, 1.54) is 19.3 Å². The predicted molar refractivity (Wildman–Crippen MR) is 81.5 cm³/mol. The molecule has 0 N–H and O–H groups in total. The summed E-state index contributed by atoms with van der Waals surface area (Å²) in [6, 6.07) is 7.54. The van der Waals surface area contributed by atoms with Crippen molar-refractivity contribution in [1.82, 2.24) is 4.90 Å². The van der Waals surface area contributed by atoms with Crippen LogP contribution < -0.4 is 17.1 Å². The van der Waals surface area contributed by atoms with Gasteiger partial charge in [0.15, 0.2) is 5.78 Å². The molecule has 1 aromatic rings. The minimum atomic E-state index is 0. The van der Waals surface area contributed by atoms with Crippen LogP contribution in [-0.4, -0.2) is 36.9 Å². The molecule has 0 atom stereocenters. The average Bonchev–Trinajstić information content (AvgIpc) is 2.52. The zero-order valence-electron chi connectivity index (χ0n) is 12.8. The topological polar surface area (TPSA) is 29.5 Å². The number of ether oxygens (including phenoxy) is 1. The third kappa shape index (κ3) is 6.06. The number of halogens is 1. The van der Waals surface area contributed by atoms with Crippen molar-refractivity contribution >= 4 is 5.78 Å². The maximum Gasteiger partial charge on any atom is 0.164 e. The molecule has 3 nitrogen and oxygen atoms in total. The standard InChI is InChI=1S/C17H25NO2.ClH/c1-2-14-20-16-8-6-15(7-9-16)17(19)10-13-18-11-4-3-5-12-18;/h6-9H,2-5,10-14H2,1H3;1H/p-1. The number of benzene rings is 1. The lowest BCUT2D eigenvalue weighted by molar-refractivity contribution is -0.0000127. The molecule has 4 heteroatoms. The van der Waals surface area contributed by atoms with Gasteiger partial charge in [-0.15, -0.1) is 0 Å². The molecule has 0 aromatic heterocycles. The molecule has 1 aromatic carbocycles. The van der Waals surface area contributed by atoms with Crippen LogP contribution in [0.5, 0.6) is 5.75 Å². The van der Waals surface area contributed by atoms with Crippen LogP contribution in [0.4, 0.5) is 0 Å². The van der Waals surface area contributed by atoms with Gasteiger partial charge in [-0.05, 0) is 56.6 Å². The van der Waals surface area contributed by atoms with Crippen molar-refractivity contribution in [3.8, 4) is 5.75 Å². The number of nitrogens with zero attached hydrogens (tertiary/aromatic N) is 1. The third-order valence-corrected chi connectivity index (χ3v) is 3.75. The molecule has 1 fully saturated rings. The van der Waals surface area contributed by atoms with Crippen molar-refractivity contribution < 1.29 is 21.9 Å². The third-order valence-electron chi connectivity index (χ3n) is 3.75. The van der Waals surface area contributed by atoms with Gasteiger partial charge in [-0.25, -0.2) is 0 Å². The van der Waals surface area contributed by atoms with Crippen LogP contribution in [0.25, 0.3) is 0 Å².